The van der Waals surface area contributed by atoms with Gasteiger partial charge in [0.2, 0.25) is 0 Å². The highest BCUT2D eigenvalue weighted by Crippen LogP contribution is 2.40. The summed E-state index contributed by atoms with van der Waals surface area (Å²) in [5.74, 6) is 0. The molecule has 1 saturated heterocycles. The third-order valence-corrected chi connectivity index (χ3v) is 6.90. The number of ether oxygens (including phenoxy) is 1. The SMILES string of the molecule is C[C@@H](c1ccc(-c2cccs2)cc1)N1CCC(CCCO)(c2ccccc2)OC1=O. The average Bonchev–Trinajstić information content (AvgIpc) is 3.33. The minimum Gasteiger partial charge on any atom is -0.438 e. The van der Waals surface area contributed by atoms with Gasteiger partial charge in [-0.3, -0.25) is 0 Å². The van der Waals surface area contributed by atoms with Crippen LogP contribution in [0.4, 0.5) is 4.79 Å². The molecule has 0 bridgehead atoms. The maximum Gasteiger partial charge on any atom is 0.411 e. The van der Waals surface area contributed by atoms with Crippen molar-refractivity contribution in [3.05, 3.63) is 83.2 Å². The van der Waals surface area contributed by atoms with Gasteiger partial charge in [0, 0.05) is 24.4 Å². The van der Waals surface area contributed by atoms with Crippen LogP contribution in [0.25, 0.3) is 10.4 Å². The van der Waals surface area contributed by atoms with Crippen molar-refractivity contribution >= 4 is 17.4 Å². The number of carbonyl (C=O) groups is 1. The second kappa shape index (κ2) is 9.02. The van der Waals surface area contributed by atoms with Crippen LogP contribution in [0, 0.1) is 0 Å². The first-order chi connectivity index (χ1) is 14.6. The van der Waals surface area contributed by atoms with Crippen molar-refractivity contribution in [1.82, 2.24) is 4.90 Å². The standard InChI is InChI=1S/C25H27NO3S/c1-19(20-10-12-21(13-11-20)23-9-5-18-30-23)26-16-15-25(14-6-17-27,29-24(26)28)22-7-3-2-4-8-22/h2-5,7-13,18-19,27H,6,14-17H2,1H3/t19-,25?/m0/s1. The summed E-state index contributed by atoms with van der Waals surface area (Å²) in [5.41, 5.74) is 2.61. The molecule has 4 rings (SSSR count). The Hall–Kier alpha value is -2.63. The van der Waals surface area contributed by atoms with E-state index in [1.807, 2.05) is 37.3 Å². The Kier molecular flexibility index (Phi) is 6.21. The normalized spacial score (nSPS) is 20.1. The smallest absolute Gasteiger partial charge is 0.411 e. The van der Waals surface area contributed by atoms with Gasteiger partial charge in [0.05, 0.1) is 6.04 Å². The van der Waals surface area contributed by atoms with Gasteiger partial charge in [-0.2, -0.15) is 0 Å². The molecule has 2 aromatic carbocycles. The second-order valence-corrected chi connectivity index (χ2v) is 8.72. The van der Waals surface area contributed by atoms with E-state index in [2.05, 4.69) is 41.8 Å². The summed E-state index contributed by atoms with van der Waals surface area (Å²) in [5, 5.41) is 11.4. The molecule has 1 amide bonds. The van der Waals surface area contributed by atoms with Crippen LogP contribution in [0.3, 0.4) is 0 Å². The van der Waals surface area contributed by atoms with Gasteiger partial charge in [-0.05, 0) is 47.9 Å². The summed E-state index contributed by atoms with van der Waals surface area (Å²) < 4.78 is 6.08. The van der Waals surface area contributed by atoms with Gasteiger partial charge in [0.1, 0.15) is 5.60 Å². The Morgan fingerprint density at radius 1 is 1.10 bits per heavy atom. The molecule has 4 nitrogen and oxygen atoms in total. The van der Waals surface area contributed by atoms with Crippen LogP contribution in [0.1, 0.15) is 43.4 Å². The first-order valence-corrected chi connectivity index (χ1v) is 11.3. The van der Waals surface area contributed by atoms with E-state index in [1.165, 1.54) is 10.4 Å². The van der Waals surface area contributed by atoms with E-state index in [4.69, 9.17) is 4.74 Å². The van der Waals surface area contributed by atoms with Gasteiger partial charge in [-0.15, -0.1) is 11.3 Å². The molecule has 1 N–H and O–H groups in total. The summed E-state index contributed by atoms with van der Waals surface area (Å²) in [4.78, 5) is 16.1. The Balaban J connectivity index is 1.51. The maximum atomic E-state index is 13.1. The van der Waals surface area contributed by atoms with Crippen LogP contribution in [0.2, 0.25) is 0 Å². The number of amides is 1. The van der Waals surface area contributed by atoms with Crippen molar-refractivity contribution in [3.8, 4) is 10.4 Å². The molecule has 1 unspecified atom stereocenters. The lowest BCUT2D eigenvalue weighted by Crippen LogP contribution is -2.48. The number of rotatable bonds is 7. The number of aliphatic hydroxyl groups excluding tert-OH is 1. The molecule has 1 aliphatic heterocycles. The van der Waals surface area contributed by atoms with Gasteiger partial charge in [0.15, 0.2) is 0 Å². The monoisotopic (exact) mass is 421 g/mol. The van der Waals surface area contributed by atoms with E-state index < -0.39 is 5.60 Å². The predicted molar refractivity (Wildman–Crippen MR) is 120 cm³/mol. The molecule has 1 fully saturated rings. The number of nitrogens with zero attached hydrogens (tertiary/aromatic N) is 1. The number of carbonyl (C=O) groups excluding carboxylic acids is 1. The molecular formula is C25H27NO3S. The van der Waals surface area contributed by atoms with Crippen LogP contribution in [0.5, 0.6) is 0 Å². The van der Waals surface area contributed by atoms with E-state index in [0.29, 0.717) is 25.8 Å². The van der Waals surface area contributed by atoms with Crippen molar-refractivity contribution in [2.75, 3.05) is 13.2 Å². The fraction of sp³-hybridized carbons (Fsp3) is 0.320. The lowest BCUT2D eigenvalue weighted by molar-refractivity contribution is -0.0680. The van der Waals surface area contributed by atoms with Crippen LogP contribution >= 0.6 is 11.3 Å². The zero-order chi connectivity index (χ0) is 21.0. The van der Waals surface area contributed by atoms with Gasteiger partial charge in [0.25, 0.3) is 0 Å². The lowest BCUT2D eigenvalue weighted by atomic mass is 9.84. The van der Waals surface area contributed by atoms with Crippen molar-refractivity contribution in [2.24, 2.45) is 0 Å². The number of thiophene rings is 1. The van der Waals surface area contributed by atoms with Gasteiger partial charge < -0.3 is 14.7 Å². The highest BCUT2D eigenvalue weighted by Gasteiger charge is 2.43. The molecule has 2 atom stereocenters. The van der Waals surface area contributed by atoms with E-state index in [0.717, 1.165) is 11.1 Å². The lowest BCUT2D eigenvalue weighted by Gasteiger charge is -2.43. The average molecular weight is 422 g/mol. The van der Waals surface area contributed by atoms with Crippen LogP contribution < -0.4 is 0 Å². The third-order valence-electron chi connectivity index (χ3n) is 5.98. The van der Waals surface area contributed by atoms with E-state index >= 15 is 0 Å². The van der Waals surface area contributed by atoms with Crippen LogP contribution in [0.15, 0.2) is 72.1 Å². The van der Waals surface area contributed by atoms with Crippen molar-refractivity contribution in [1.29, 1.82) is 0 Å². The predicted octanol–water partition coefficient (Wildman–Crippen LogP) is 5.99. The molecule has 30 heavy (non-hydrogen) atoms. The summed E-state index contributed by atoms with van der Waals surface area (Å²) in [7, 11) is 0. The Bertz CT molecular complexity index is 956. The van der Waals surface area contributed by atoms with Gasteiger partial charge in [-0.25, -0.2) is 4.79 Å². The minimum atomic E-state index is -0.666. The van der Waals surface area contributed by atoms with E-state index in [9.17, 15) is 9.90 Å². The first-order valence-electron chi connectivity index (χ1n) is 10.4. The molecule has 0 aliphatic carbocycles. The third kappa shape index (κ3) is 4.13. The Morgan fingerprint density at radius 3 is 2.50 bits per heavy atom. The van der Waals surface area contributed by atoms with E-state index in [1.54, 1.807) is 16.2 Å². The van der Waals surface area contributed by atoms with Crippen molar-refractivity contribution in [2.45, 2.75) is 37.8 Å². The van der Waals surface area contributed by atoms with E-state index in [-0.39, 0.29) is 18.7 Å². The fourth-order valence-electron chi connectivity index (χ4n) is 4.20. The highest BCUT2D eigenvalue weighted by molar-refractivity contribution is 7.13. The number of hydrogen-bond acceptors (Lipinski definition) is 4. The molecule has 2 heterocycles. The second-order valence-electron chi connectivity index (χ2n) is 7.77. The zero-order valence-electron chi connectivity index (χ0n) is 17.2. The number of benzene rings is 2. The number of cyclic esters (lactones) is 1. The number of hydrogen-bond donors (Lipinski definition) is 1. The van der Waals surface area contributed by atoms with Gasteiger partial charge >= 0.3 is 6.09 Å². The first kappa shape index (κ1) is 20.6. The molecule has 1 aromatic heterocycles. The van der Waals surface area contributed by atoms with Crippen LogP contribution in [-0.2, 0) is 10.3 Å². The molecule has 0 saturated carbocycles. The summed E-state index contributed by atoms with van der Waals surface area (Å²) >= 11 is 1.72. The molecule has 0 radical (unpaired) electrons. The van der Waals surface area contributed by atoms with Crippen LogP contribution in [-0.4, -0.2) is 29.3 Å². The molecule has 0 spiro atoms. The molecular weight excluding hydrogens is 394 g/mol. The Morgan fingerprint density at radius 2 is 1.87 bits per heavy atom. The number of aliphatic hydroxyl groups is 1. The maximum absolute atomic E-state index is 13.1. The van der Waals surface area contributed by atoms with Gasteiger partial charge in [-0.1, -0.05) is 60.7 Å². The topological polar surface area (TPSA) is 49.8 Å². The summed E-state index contributed by atoms with van der Waals surface area (Å²) in [6.45, 7) is 2.75. The largest absolute Gasteiger partial charge is 0.438 e. The van der Waals surface area contributed by atoms with Crippen molar-refractivity contribution < 1.29 is 14.6 Å². The molecule has 3 aromatic rings. The summed E-state index contributed by atoms with van der Waals surface area (Å²) in [6.07, 6.45) is 1.64. The highest BCUT2D eigenvalue weighted by atomic mass is 32.1. The molecule has 1 aliphatic rings. The molecule has 156 valence electrons. The van der Waals surface area contributed by atoms with Crippen molar-refractivity contribution in [3.63, 3.8) is 0 Å². The quantitative estimate of drug-likeness (QED) is 0.510. The molecule has 5 heteroatoms. The fourth-order valence-corrected chi connectivity index (χ4v) is 4.93. The minimum absolute atomic E-state index is 0.0681. The zero-order valence-corrected chi connectivity index (χ0v) is 18.0. The summed E-state index contributed by atoms with van der Waals surface area (Å²) in [6, 6.07) is 22.4. The Labute approximate surface area is 181 Å².